The molecule has 0 spiro atoms. The van der Waals surface area contributed by atoms with Gasteiger partial charge in [0, 0.05) is 69.2 Å². The number of hydrogen-bond acceptors (Lipinski definition) is 14. The number of methoxy groups -OCH3 is 1. The zero-order chi connectivity index (χ0) is 41.5. The summed E-state index contributed by atoms with van der Waals surface area (Å²) in [7, 11) is 5.60. The highest BCUT2D eigenvalue weighted by atomic mass is 35.5. The number of nitrogens with one attached hydrogen (secondary N) is 4. The van der Waals surface area contributed by atoms with E-state index in [-0.39, 0.29) is 42.2 Å². The number of imidazole rings is 1. The lowest BCUT2D eigenvalue weighted by atomic mass is 10.2. The van der Waals surface area contributed by atoms with Gasteiger partial charge in [-0.3, -0.25) is 28.9 Å². The van der Waals surface area contributed by atoms with Crippen LogP contribution in [0.4, 0.5) is 11.6 Å². The van der Waals surface area contributed by atoms with E-state index >= 15 is 0 Å². The van der Waals surface area contributed by atoms with Gasteiger partial charge in [-0.05, 0) is 45.5 Å². The number of carbonyl (C=O) groups excluding carboxylic acids is 3. The summed E-state index contributed by atoms with van der Waals surface area (Å²) in [6.07, 6.45) is 8.34. The standard InChI is InChI=1S/C26H37N11O4.C10H12ClNO2.C2H6/c1-34(8-3-4-19(38)36-12-10-35(2)11-13-36)9-7-28-18-15-30-24(39)21(18)29-14-17-5-6-20(41-17)37-16-31-22-23(37)32-26(27)33-25(22)40;1-7-5-9(12-3-4-13)10(14-2)6-8(7)11;1-2/h3-4,15-17,20H,5-14H2,1-2H3,(H3,27,32,33,40)(H2,28,29,30,39);4-6,12H,3H2,1-2H3;1-2H3/b4-3+;;. The van der Waals surface area contributed by atoms with Gasteiger partial charge >= 0.3 is 0 Å². The van der Waals surface area contributed by atoms with Gasteiger partial charge < -0.3 is 50.7 Å². The molecule has 2 unspecified atom stereocenters. The number of halogens is 1. The van der Waals surface area contributed by atoms with Gasteiger partial charge in [0.15, 0.2) is 11.2 Å². The molecule has 0 aliphatic carbocycles. The number of likely N-dealkylation sites (N-methyl/N-ethyl adjacent to an activating group) is 2. The molecule has 310 valence electrons. The van der Waals surface area contributed by atoms with Gasteiger partial charge in [-0.2, -0.15) is 4.98 Å². The lowest BCUT2D eigenvalue weighted by molar-refractivity contribution is -0.127. The number of aromatic amines is 1. The van der Waals surface area contributed by atoms with Crippen molar-refractivity contribution in [3.05, 3.63) is 63.4 Å². The smallest absolute Gasteiger partial charge is 0.280 e. The normalized spacial score (nSPS) is 18.9. The summed E-state index contributed by atoms with van der Waals surface area (Å²) in [4.78, 5) is 68.5. The van der Waals surface area contributed by atoms with E-state index in [1.165, 1.54) is 6.33 Å². The molecule has 18 nitrogen and oxygen atoms in total. The second-order valence-electron chi connectivity index (χ2n) is 13.4. The van der Waals surface area contributed by atoms with E-state index in [1.807, 2.05) is 44.9 Å². The molecule has 0 bridgehead atoms. The number of hydrogen-bond donors (Lipinski definition) is 5. The SMILES string of the molecule is CC.CN(C/C=C/C(=O)N1CCN(C)CC1)CCNC1=CNC(=O)C1=NCC1CCC(n2cnc3c(=O)[nH]c(N)nc32)O1.COc1cc(Cl)c(C)cc1NCC=O. The number of carbonyl (C=O) groups is 3. The summed E-state index contributed by atoms with van der Waals surface area (Å²) < 4.78 is 13.0. The van der Waals surface area contributed by atoms with Crippen molar-refractivity contribution < 1.29 is 23.9 Å². The highest BCUT2D eigenvalue weighted by Crippen LogP contribution is 2.31. The van der Waals surface area contributed by atoms with Gasteiger partial charge in [0.1, 0.15) is 24.0 Å². The van der Waals surface area contributed by atoms with Crippen LogP contribution in [-0.2, 0) is 19.1 Å². The third-order valence-corrected chi connectivity index (χ3v) is 9.68. The molecule has 19 heteroatoms. The van der Waals surface area contributed by atoms with Gasteiger partial charge in [0.25, 0.3) is 11.5 Å². The van der Waals surface area contributed by atoms with Crippen LogP contribution in [0.2, 0.25) is 5.02 Å². The van der Waals surface area contributed by atoms with Crippen LogP contribution in [0.1, 0.15) is 38.5 Å². The van der Waals surface area contributed by atoms with E-state index in [1.54, 1.807) is 30.0 Å². The largest absolute Gasteiger partial charge is 0.495 e. The van der Waals surface area contributed by atoms with Crippen molar-refractivity contribution in [3.63, 3.8) is 0 Å². The number of aldehydes is 1. The first-order chi connectivity index (χ1) is 27.5. The number of nitrogen functional groups attached to an aromatic ring is 1. The Balaban J connectivity index is 0.000000379. The molecule has 57 heavy (non-hydrogen) atoms. The lowest BCUT2D eigenvalue weighted by Crippen LogP contribution is -2.46. The summed E-state index contributed by atoms with van der Waals surface area (Å²) in [5, 5.41) is 9.57. The highest BCUT2D eigenvalue weighted by molar-refractivity contribution is 6.47. The van der Waals surface area contributed by atoms with Crippen molar-refractivity contribution in [1.82, 2.24) is 44.9 Å². The van der Waals surface area contributed by atoms with Crippen LogP contribution in [0.3, 0.4) is 0 Å². The van der Waals surface area contributed by atoms with Gasteiger partial charge in [0.2, 0.25) is 11.9 Å². The Labute approximate surface area is 337 Å². The number of benzene rings is 1. The number of fused-ring (bicyclic) bond motifs is 1. The average molecular weight is 811 g/mol. The average Bonchev–Trinajstić information content (AvgIpc) is 3.94. The highest BCUT2D eigenvalue weighted by Gasteiger charge is 2.30. The number of aliphatic imine (C=N–C) groups is 1. The number of H-pyrrole nitrogens is 1. The Kier molecular flexibility index (Phi) is 17.0. The van der Waals surface area contributed by atoms with E-state index in [0.29, 0.717) is 60.4 Å². The fourth-order valence-corrected chi connectivity index (χ4v) is 6.28. The quantitative estimate of drug-likeness (QED) is 0.116. The summed E-state index contributed by atoms with van der Waals surface area (Å²) in [5.74, 6) is 0.449. The minimum atomic E-state index is -0.398. The molecular weight excluding hydrogens is 756 g/mol. The first-order valence-electron chi connectivity index (χ1n) is 19.0. The molecule has 2 saturated heterocycles. The van der Waals surface area contributed by atoms with Gasteiger partial charge in [-0.25, -0.2) is 4.98 Å². The molecule has 2 amide bonds. The fourth-order valence-electron chi connectivity index (χ4n) is 6.12. The number of ether oxygens (including phenoxy) is 2. The second-order valence-corrected chi connectivity index (χ2v) is 13.8. The van der Waals surface area contributed by atoms with Crippen LogP contribution in [-0.4, -0.2) is 144 Å². The molecule has 5 heterocycles. The summed E-state index contributed by atoms with van der Waals surface area (Å²) in [5.41, 5.74) is 8.58. The number of rotatable bonds is 14. The van der Waals surface area contributed by atoms with Gasteiger partial charge in [0.05, 0.1) is 44.0 Å². The molecule has 0 radical (unpaired) electrons. The molecule has 6 rings (SSSR count). The number of amides is 2. The summed E-state index contributed by atoms with van der Waals surface area (Å²) >= 11 is 5.92. The molecule has 2 aromatic heterocycles. The minimum absolute atomic E-state index is 0.0169. The van der Waals surface area contributed by atoms with Crippen LogP contribution < -0.4 is 32.0 Å². The second kappa shape index (κ2) is 21.9. The third-order valence-electron chi connectivity index (χ3n) is 9.27. The van der Waals surface area contributed by atoms with Crippen molar-refractivity contribution >= 4 is 58.2 Å². The zero-order valence-corrected chi connectivity index (χ0v) is 34.3. The lowest BCUT2D eigenvalue weighted by Gasteiger charge is -2.31. The van der Waals surface area contributed by atoms with Crippen LogP contribution in [0.15, 0.2) is 52.3 Å². The van der Waals surface area contributed by atoms with Crippen molar-refractivity contribution in [2.45, 2.75) is 45.9 Å². The van der Waals surface area contributed by atoms with E-state index in [2.05, 4.69) is 52.7 Å². The molecule has 3 aromatic rings. The first-order valence-corrected chi connectivity index (χ1v) is 19.4. The molecule has 1 aromatic carbocycles. The number of piperazine rings is 1. The van der Waals surface area contributed by atoms with Crippen molar-refractivity contribution in [2.75, 3.05) is 91.2 Å². The third kappa shape index (κ3) is 12.3. The maximum absolute atomic E-state index is 12.4. The molecule has 3 aliphatic rings. The molecular formula is C38H55ClN12O6. The Bertz CT molecular complexity index is 1990. The topological polar surface area (TPSA) is 217 Å². The zero-order valence-electron chi connectivity index (χ0n) is 33.5. The van der Waals surface area contributed by atoms with Gasteiger partial charge in [-0.15, -0.1) is 0 Å². The maximum atomic E-state index is 12.4. The molecule has 2 atom stereocenters. The van der Waals surface area contributed by atoms with Crippen LogP contribution in [0.25, 0.3) is 11.2 Å². The molecule has 2 fully saturated rings. The van der Waals surface area contributed by atoms with Gasteiger partial charge in [-0.1, -0.05) is 31.5 Å². The van der Waals surface area contributed by atoms with Crippen LogP contribution in [0.5, 0.6) is 5.75 Å². The number of nitrogens with two attached hydrogens (primary N) is 1. The first kappa shape index (κ1) is 44.4. The fraction of sp³-hybridized carbons (Fsp3) is 0.500. The van der Waals surface area contributed by atoms with Crippen molar-refractivity contribution in [1.29, 1.82) is 0 Å². The molecule has 0 saturated carbocycles. The van der Waals surface area contributed by atoms with E-state index in [0.717, 1.165) is 50.1 Å². The number of anilines is 2. The van der Waals surface area contributed by atoms with Crippen LogP contribution in [0, 0.1) is 6.92 Å². The van der Waals surface area contributed by atoms with E-state index in [9.17, 15) is 19.2 Å². The number of nitrogens with zero attached hydrogens (tertiary/aromatic N) is 7. The summed E-state index contributed by atoms with van der Waals surface area (Å²) in [6, 6.07) is 3.58. The van der Waals surface area contributed by atoms with E-state index in [4.69, 9.17) is 26.8 Å². The van der Waals surface area contributed by atoms with Crippen molar-refractivity contribution in [3.8, 4) is 5.75 Å². The summed E-state index contributed by atoms with van der Waals surface area (Å²) in [6.45, 7) is 11.7. The van der Waals surface area contributed by atoms with E-state index < -0.39 is 5.56 Å². The predicted octanol–water partition coefficient (Wildman–Crippen LogP) is 1.94. The Morgan fingerprint density at radius 2 is 1.95 bits per heavy atom. The maximum Gasteiger partial charge on any atom is 0.280 e. The van der Waals surface area contributed by atoms with Crippen molar-refractivity contribution in [2.24, 2.45) is 4.99 Å². The number of aryl methyl sites for hydroxylation is 1. The predicted molar refractivity (Wildman–Crippen MR) is 222 cm³/mol. The number of aromatic nitrogens is 4. The monoisotopic (exact) mass is 810 g/mol. The van der Waals surface area contributed by atoms with Crippen LogP contribution >= 0.6 is 11.6 Å². The molecule has 3 aliphatic heterocycles. The Morgan fingerprint density at radius 3 is 2.67 bits per heavy atom. The minimum Gasteiger partial charge on any atom is -0.495 e. The molecule has 6 N–H and O–H groups in total. The Morgan fingerprint density at radius 1 is 1.19 bits per heavy atom. The Hall–Kier alpha value is -5.30.